The van der Waals surface area contributed by atoms with Crippen molar-refractivity contribution in [2.24, 2.45) is 0 Å². The van der Waals surface area contributed by atoms with Crippen LogP contribution in [0.2, 0.25) is 0 Å². The maximum atomic E-state index is 6.51. The van der Waals surface area contributed by atoms with Crippen molar-refractivity contribution in [2.75, 3.05) is 0 Å². The van der Waals surface area contributed by atoms with E-state index in [0.29, 0.717) is 17.5 Å². The quantitative estimate of drug-likeness (QED) is 0.188. The van der Waals surface area contributed by atoms with Crippen LogP contribution in [0.15, 0.2) is 174 Å². The molecular weight excluding hydrogens is 613 g/mol. The van der Waals surface area contributed by atoms with E-state index in [1.165, 1.54) is 5.56 Å². The summed E-state index contributed by atoms with van der Waals surface area (Å²) in [6, 6.07) is 58.6. The Labute approximate surface area is 287 Å². The molecule has 5 heteroatoms. The van der Waals surface area contributed by atoms with Crippen LogP contribution in [0.4, 0.5) is 0 Å². The Hall–Kier alpha value is -6.85. The van der Waals surface area contributed by atoms with Crippen molar-refractivity contribution in [3.8, 4) is 51.0 Å². The highest BCUT2D eigenvalue weighted by molar-refractivity contribution is 6.11. The van der Waals surface area contributed by atoms with Gasteiger partial charge in [-0.05, 0) is 59.7 Å². The lowest BCUT2D eigenvalue weighted by Gasteiger charge is -2.10. The summed E-state index contributed by atoms with van der Waals surface area (Å²) >= 11 is 0. The molecule has 0 saturated carbocycles. The van der Waals surface area contributed by atoms with Gasteiger partial charge < -0.3 is 8.98 Å². The van der Waals surface area contributed by atoms with Crippen molar-refractivity contribution >= 4 is 43.7 Å². The number of furan rings is 1. The first-order chi connectivity index (χ1) is 24.8. The molecule has 0 fully saturated rings. The summed E-state index contributed by atoms with van der Waals surface area (Å²) < 4.78 is 8.83. The van der Waals surface area contributed by atoms with Gasteiger partial charge in [-0.1, -0.05) is 115 Å². The van der Waals surface area contributed by atoms with Crippen molar-refractivity contribution in [1.82, 2.24) is 19.5 Å². The molecule has 50 heavy (non-hydrogen) atoms. The van der Waals surface area contributed by atoms with E-state index in [-0.39, 0.29) is 0 Å². The molecule has 0 bridgehead atoms. The second-order valence-electron chi connectivity index (χ2n) is 12.5. The van der Waals surface area contributed by atoms with Crippen LogP contribution in [-0.4, -0.2) is 19.5 Å². The van der Waals surface area contributed by atoms with Gasteiger partial charge in [0.1, 0.15) is 11.2 Å². The molecule has 3 aromatic heterocycles. The van der Waals surface area contributed by atoms with Crippen molar-refractivity contribution in [3.05, 3.63) is 170 Å². The van der Waals surface area contributed by atoms with E-state index in [1.807, 2.05) is 66.7 Å². The zero-order chi connectivity index (χ0) is 33.0. The number of para-hydroxylation sites is 1. The molecule has 0 aliphatic heterocycles. The lowest BCUT2D eigenvalue weighted by Crippen LogP contribution is -2.00. The number of rotatable bonds is 5. The van der Waals surface area contributed by atoms with Crippen LogP contribution in [0.25, 0.3) is 94.7 Å². The minimum absolute atomic E-state index is 0.634. The van der Waals surface area contributed by atoms with Crippen LogP contribution < -0.4 is 0 Å². The highest BCUT2D eigenvalue weighted by atomic mass is 16.3. The number of fused-ring (bicyclic) bond motifs is 6. The van der Waals surface area contributed by atoms with Gasteiger partial charge in [0.2, 0.25) is 0 Å². The Balaban J connectivity index is 1.12. The molecule has 0 radical (unpaired) electrons. The summed E-state index contributed by atoms with van der Waals surface area (Å²) in [5.41, 5.74) is 10.1. The van der Waals surface area contributed by atoms with Crippen LogP contribution in [0.1, 0.15) is 0 Å². The standard InChI is InChI=1S/C45H28N4O/c1-4-12-29(13-5-1)32-20-23-36-37-24-22-34(28-42(37)50-41(36)27-32)49-39-19-11-10-18-35(39)38-26-33(21-25-40(38)49)45-47-43(30-14-6-2-7-15-30)46-44(48-45)31-16-8-3-9-17-31/h1-28H. The molecule has 234 valence electrons. The van der Waals surface area contributed by atoms with Gasteiger partial charge in [-0.2, -0.15) is 0 Å². The van der Waals surface area contributed by atoms with Gasteiger partial charge in [0.05, 0.1) is 11.0 Å². The van der Waals surface area contributed by atoms with Crippen molar-refractivity contribution in [2.45, 2.75) is 0 Å². The number of hydrogen-bond acceptors (Lipinski definition) is 4. The molecule has 0 atom stereocenters. The molecule has 10 rings (SSSR count). The SMILES string of the molecule is c1ccc(-c2ccc3c(c2)oc2cc(-n4c5ccccc5c5cc(-c6nc(-c7ccccc7)nc(-c7ccccc7)n6)ccc54)ccc23)cc1. The maximum Gasteiger partial charge on any atom is 0.164 e. The fourth-order valence-corrected chi connectivity index (χ4v) is 7.04. The van der Waals surface area contributed by atoms with Crippen LogP contribution in [0.5, 0.6) is 0 Å². The summed E-state index contributed by atoms with van der Waals surface area (Å²) in [6.45, 7) is 0. The minimum Gasteiger partial charge on any atom is -0.456 e. The summed E-state index contributed by atoms with van der Waals surface area (Å²) in [5, 5.41) is 4.49. The average Bonchev–Trinajstić information content (AvgIpc) is 3.73. The molecular formula is C45H28N4O. The van der Waals surface area contributed by atoms with Crippen molar-refractivity contribution in [3.63, 3.8) is 0 Å². The number of nitrogens with zero attached hydrogens (tertiary/aromatic N) is 4. The van der Waals surface area contributed by atoms with Crippen LogP contribution in [0, 0.1) is 0 Å². The number of aromatic nitrogens is 4. The Morgan fingerprint density at radius 2 is 0.860 bits per heavy atom. The second-order valence-corrected chi connectivity index (χ2v) is 12.5. The van der Waals surface area contributed by atoms with Crippen molar-refractivity contribution in [1.29, 1.82) is 0 Å². The lowest BCUT2D eigenvalue weighted by atomic mass is 10.0. The predicted octanol–water partition coefficient (Wildman–Crippen LogP) is 11.5. The molecule has 0 amide bonds. The number of benzene rings is 7. The normalized spacial score (nSPS) is 11.6. The fraction of sp³-hybridized carbons (Fsp3) is 0. The largest absolute Gasteiger partial charge is 0.456 e. The lowest BCUT2D eigenvalue weighted by molar-refractivity contribution is 0.669. The van der Waals surface area contributed by atoms with Crippen LogP contribution in [0.3, 0.4) is 0 Å². The molecule has 3 heterocycles. The first-order valence-electron chi connectivity index (χ1n) is 16.7. The van der Waals surface area contributed by atoms with E-state index in [4.69, 9.17) is 19.4 Å². The van der Waals surface area contributed by atoms with E-state index in [2.05, 4.69) is 108 Å². The molecule has 0 aliphatic carbocycles. The zero-order valence-electron chi connectivity index (χ0n) is 26.9. The summed E-state index contributed by atoms with van der Waals surface area (Å²) in [7, 11) is 0. The van der Waals surface area contributed by atoms with Gasteiger partial charge in [0.15, 0.2) is 17.5 Å². The number of hydrogen-bond donors (Lipinski definition) is 0. The third-order valence-corrected chi connectivity index (χ3v) is 9.45. The molecule has 0 spiro atoms. The van der Waals surface area contributed by atoms with Crippen LogP contribution >= 0.6 is 0 Å². The monoisotopic (exact) mass is 640 g/mol. The summed E-state index contributed by atoms with van der Waals surface area (Å²) in [5.74, 6) is 1.93. The topological polar surface area (TPSA) is 56.7 Å². The Morgan fingerprint density at radius 3 is 1.54 bits per heavy atom. The minimum atomic E-state index is 0.634. The van der Waals surface area contributed by atoms with E-state index in [0.717, 1.165) is 71.7 Å². The first kappa shape index (κ1) is 28.2. The summed E-state index contributed by atoms with van der Waals surface area (Å²) in [6.07, 6.45) is 0. The Kier molecular flexibility index (Phi) is 6.42. The molecule has 10 aromatic rings. The van der Waals surface area contributed by atoms with Crippen molar-refractivity contribution < 1.29 is 4.42 Å². The molecule has 0 saturated heterocycles. The summed E-state index contributed by atoms with van der Waals surface area (Å²) in [4.78, 5) is 14.9. The Bertz CT molecular complexity index is 2800. The molecule has 0 N–H and O–H groups in total. The van der Waals surface area contributed by atoms with Gasteiger partial charge in [-0.25, -0.2) is 15.0 Å². The van der Waals surface area contributed by atoms with E-state index in [1.54, 1.807) is 0 Å². The zero-order valence-corrected chi connectivity index (χ0v) is 26.9. The van der Waals surface area contributed by atoms with Gasteiger partial charge in [-0.3, -0.25) is 0 Å². The van der Waals surface area contributed by atoms with Gasteiger partial charge in [0, 0.05) is 50.0 Å². The Morgan fingerprint density at radius 1 is 0.340 bits per heavy atom. The first-order valence-corrected chi connectivity index (χ1v) is 16.7. The predicted molar refractivity (Wildman–Crippen MR) is 203 cm³/mol. The van der Waals surface area contributed by atoms with Gasteiger partial charge in [0.25, 0.3) is 0 Å². The van der Waals surface area contributed by atoms with E-state index in [9.17, 15) is 0 Å². The van der Waals surface area contributed by atoms with E-state index >= 15 is 0 Å². The van der Waals surface area contributed by atoms with E-state index < -0.39 is 0 Å². The molecule has 0 unspecified atom stereocenters. The molecule has 5 nitrogen and oxygen atoms in total. The fourth-order valence-electron chi connectivity index (χ4n) is 7.04. The second kappa shape index (κ2) is 11.4. The third kappa shape index (κ3) is 4.67. The highest BCUT2D eigenvalue weighted by Crippen LogP contribution is 2.38. The van der Waals surface area contributed by atoms with Gasteiger partial charge in [-0.15, -0.1) is 0 Å². The van der Waals surface area contributed by atoms with Gasteiger partial charge >= 0.3 is 0 Å². The average molecular weight is 641 g/mol. The molecule has 0 aliphatic rings. The van der Waals surface area contributed by atoms with Crippen LogP contribution in [-0.2, 0) is 0 Å². The highest BCUT2D eigenvalue weighted by Gasteiger charge is 2.18. The maximum absolute atomic E-state index is 6.51. The third-order valence-electron chi connectivity index (χ3n) is 9.45. The smallest absolute Gasteiger partial charge is 0.164 e. The molecule has 7 aromatic carbocycles.